The molecule has 0 atom stereocenters. The van der Waals surface area contributed by atoms with Crippen LogP contribution >= 0.6 is 12.6 Å². The van der Waals surface area contributed by atoms with Gasteiger partial charge in [0.2, 0.25) is 0 Å². The number of aryl methyl sites for hydroxylation is 1. The minimum atomic E-state index is 0.644. The van der Waals surface area contributed by atoms with Gasteiger partial charge in [-0.05, 0) is 13.0 Å². The first-order valence-electron chi connectivity index (χ1n) is 3.12. The van der Waals surface area contributed by atoms with Gasteiger partial charge in [0, 0.05) is 5.69 Å². The molecule has 0 bridgehead atoms. The molecule has 2 rings (SSSR count). The van der Waals surface area contributed by atoms with Crippen molar-refractivity contribution in [2.24, 2.45) is 0 Å². The molecule has 1 radical (unpaired) electrons. The van der Waals surface area contributed by atoms with E-state index in [-0.39, 0.29) is 0 Å². The summed E-state index contributed by atoms with van der Waals surface area (Å²) >= 11 is 5.02. The van der Waals surface area contributed by atoms with Gasteiger partial charge in [0.05, 0.1) is 6.20 Å². The highest BCUT2D eigenvalue weighted by Crippen LogP contribution is 2.08. The summed E-state index contributed by atoms with van der Waals surface area (Å²) in [5, 5.41) is 8.09. The van der Waals surface area contributed by atoms with Gasteiger partial charge >= 0.3 is 0 Å². The Labute approximate surface area is 68.7 Å². The fourth-order valence-electron chi connectivity index (χ4n) is 0.916. The maximum absolute atomic E-state index is 5.02. The van der Waals surface area contributed by atoms with Crippen molar-refractivity contribution in [2.75, 3.05) is 0 Å². The molecule has 0 fully saturated rings. The summed E-state index contributed by atoms with van der Waals surface area (Å²) in [6.45, 7) is 1.89. The van der Waals surface area contributed by atoms with E-state index < -0.39 is 0 Å². The number of fused-ring (bicyclic) bond motifs is 1. The van der Waals surface area contributed by atoms with Crippen molar-refractivity contribution in [2.45, 2.75) is 11.9 Å². The van der Waals surface area contributed by atoms with Gasteiger partial charge in [-0.2, -0.15) is 4.52 Å². The zero-order valence-corrected chi connectivity index (χ0v) is 6.67. The third kappa shape index (κ3) is 0.932. The molecule has 55 valence electrons. The van der Waals surface area contributed by atoms with Crippen LogP contribution in [0.1, 0.15) is 5.69 Å². The molecule has 0 aliphatic carbocycles. The second-order valence-corrected chi connectivity index (χ2v) is 2.66. The van der Waals surface area contributed by atoms with E-state index in [4.69, 9.17) is 12.6 Å². The molecule has 0 N–H and O–H groups in total. The number of nitrogens with zero attached hydrogens (tertiary/aromatic N) is 4. The monoisotopic (exact) mass is 165 g/mol. The predicted octanol–water partition coefficient (Wildman–Crippen LogP) is 0.989. The fraction of sp³-hybridized carbons (Fsp3) is 0.167. The Balaban J connectivity index is 2.91. The molecule has 0 saturated heterocycles. The zero-order chi connectivity index (χ0) is 7.84. The van der Waals surface area contributed by atoms with Gasteiger partial charge in [0.1, 0.15) is 5.03 Å². The molecule has 2 heterocycles. The molecule has 0 spiro atoms. The van der Waals surface area contributed by atoms with Gasteiger partial charge in [-0.15, -0.1) is 5.10 Å². The standard InChI is InChI=1S/C6H5N4S/c1-4-2-6(11)10-5(8-4)3-7-9-10/h2-3H,1H3. The molecular weight excluding hydrogens is 160 g/mol. The largest absolute Gasteiger partial charge is 0.232 e. The molecule has 5 heteroatoms. The molecule has 0 unspecified atom stereocenters. The van der Waals surface area contributed by atoms with Crippen LogP contribution in [0.4, 0.5) is 0 Å². The van der Waals surface area contributed by atoms with Crippen molar-refractivity contribution in [3.05, 3.63) is 18.0 Å². The number of hydrogen-bond acceptors (Lipinski definition) is 3. The summed E-state index contributed by atoms with van der Waals surface area (Å²) in [5.41, 5.74) is 1.60. The van der Waals surface area contributed by atoms with Gasteiger partial charge in [0.25, 0.3) is 0 Å². The topological polar surface area (TPSA) is 43.1 Å². The van der Waals surface area contributed by atoms with E-state index in [2.05, 4.69) is 15.3 Å². The first-order valence-corrected chi connectivity index (χ1v) is 3.53. The maximum atomic E-state index is 5.02. The summed E-state index contributed by atoms with van der Waals surface area (Å²) in [7, 11) is 0. The fourth-order valence-corrected chi connectivity index (χ4v) is 1.22. The third-order valence-corrected chi connectivity index (χ3v) is 1.65. The Kier molecular flexibility index (Phi) is 1.25. The van der Waals surface area contributed by atoms with Crippen molar-refractivity contribution < 1.29 is 0 Å². The normalized spacial score (nSPS) is 10.6. The first kappa shape index (κ1) is 6.48. The third-order valence-electron chi connectivity index (χ3n) is 1.36. The summed E-state index contributed by atoms with van der Waals surface area (Å²) < 4.78 is 1.53. The number of rotatable bonds is 0. The Morgan fingerprint density at radius 3 is 3.18 bits per heavy atom. The Morgan fingerprint density at radius 2 is 2.36 bits per heavy atom. The van der Waals surface area contributed by atoms with Gasteiger partial charge in [-0.1, -0.05) is 17.8 Å². The molecule has 0 amide bonds. The van der Waals surface area contributed by atoms with Crippen LogP contribution in [0.5, 0.6) is 0 Å². The minimum absolute atomic E-state index is 0.644. The highest BCUT2D eigenvalue weighted by atomic mass is 32.1. The number of hydrogen-bond donors (Lipinski definition) is 0. The van der Waals surface area contributed by atoms with Crippen molar-refractivity contribution in [3.8, 4) is 0 Å². The van der Waals surface area contributed by atoms with E-state index >= 15 is 0 Å². The average molecular weight is 165 g/mol. The zero-order valence-electron chi connectivity index (χ0n) is 5.85. The van der Waals surface area contributed by atoms with Crippen LogP contribution in [-0.2, 0) is 0 Å². The summed E-state index contributed by atoms with van der Waals surface area (Å²) in [6.07, 6.45) is 1.59. The Morgan fingerprint density at radius 1 is 1.55 bits per heavy atom. The Bertz CT molecular complexity index is 394. The van der Waals surface area contributed by atoms with Gasteiger partial charge in [-0.3, -0.25) is 0 Å². The predicted molar refractivity (Wildman–Crippen MR) is 41.4 cm³/mol. The molecule has 4 nitrogen and oxygen atoms in total. The highest BCUT2D eigenvalue weighted by molar-refractivity contribution is 7.80. The van der Waals surface area contributed by atoms with Crippen LogP contribution in [0, 0.1) is 6.92 Å². The summed E-state index contributed by atoms with van der Waals surface area (Å²) in [4.78, 5) is 4.17. The van der Waals surface area contributed by atoms with E-state index in [9.17, 15) is 0 Å². The van der Waals surface area contributed by atoms with Crippen LogP contribution in [0.3, 0.4) is 0 Å². The van der Waals surface area contributed by atoms with E-state index in [1.165, 1.54) is 4.52 Å². The smallest absolute Gasteiger partial charge is 0.177 e. The first-order chi connectivity index (χ1) is 5.27. The quantitative estimate of drug-likeness (QED) is 0.547. The molecule has 2 aromatic heterocycles. The van der Waals surface area contributed by atoms with Crippen molar-refractivity contribution in [1.82, 2.24) is 19.8 Å². The Hall–Kier alpha value is -1.23. The van der Waals surface area contributed by atoms with Crippen molar-refractivity contribution >= 4 is 18.3 Å². The van der Waals surface area contributed by atoms with E-state index in [0.717, 1.165) is 5.69 Å². The lowest BCUT2D eigenvalue weighted by Crippen LogP contribution is -1.94. The second kappa shape index (κ2) is 2.13. The maximum Gasteiger partial charge on any atom is 0.177 e. The van der Waals surface area contributed by atoms with Crippen LogP contribution < -0.4 is 0 Å². The average Bonchev–Trinajstić information content (AvgIpc) is 2.34. The molecule has 0 saturated carbocycles. The molecule has 0 aliphatic rings. The van der Waals surface area contributed by atoms with Crippen molar-refractivity contribution in [1.29, 1.82) is 0 Å². The summed E-state index contributed by atoms with van der Waals surface area (Å²) in [6, 6.07) is 1.79. The molecule has 11 heavy (non-hydrogen) atoms. The molecule has 0 aromatic carbocycles. The second-order valence-electron chi connectivity index (χ2n) is 2.24. The van der Waals surface area contributed by atoms with Crippen LogP contribution in [0.2, 0.25) is 0 Å². The number of aromatic nitrogens is 4. The van der Waals surface area contributed by atoms with E-state index in [0.29, 0.717) is 10.7 Å². The lowest BCUT2D eigenvalue weighted by Gasteiger charge is -1.95. The van der Waals surface area contributed by atoms with Crippen molar-refractivity contribution in [3.63, 3.8) is 0 Å². The lowest BCUT2D eigenvalue weighted by molar-refractivity contribution is 0.777. The van der Waals surface area contributed by atoms with Crippen LogP contribution in [-0.4, -0.2) is 19.8 Å². The molecule has 0 aliphatic heterocycles. The summed E-state index contributed by atoms with van der Waals surface area (Å²) in [5.74, 6) is 0. The van der Waals surface area contributed by atoms with Crippen LogP contribution in [0.15, 0.2) is 17.3 Å². The highest BCUT2D eigenvalue weighted by Gasteiger charge is 2.00. The molecule has 2 aromatic rings. The van der Waals surface area contributed by atoms with Crippen LogP contribution in [0.25, 0.3) is 5.65 Å². The SMILES string of the molecule is Cc1cc([S])n2nncc2n1. The molecular formula is C6H5N4S. The van der Waals surface area contributed by atoms with Gasteiger partial charge in [-0.25, -0.2) is 4.98 Å². The van der Waals surface area contributed by atoms with E-state index in [1.54, 1.807) is 12.3 Å². The van der Waals surface area contributed by atoms with Gasteiger partial charge in [0.15, 0.2) is 5.65 Å². The van der Waals surface area contributed by atoms with Gasteiger partial charge < -0.3 is 0 Å². The van der Waals surface area contributed by atoms with E-state index in [1.807, 2.05) is 6.92 Å². The minimum Gasteiger partial charge on any atom is -0.232 e. The lowest BCUT2D eigenvalue weighted by atomic mass is 10.4.